The summed E-state index contributed by atoms with van der Waals surface area (Å²) >= 11 is 0. The van der Waals surface area contributed by atoms with Gasteiger partial charge in [0.1, 0.15) is 5.82 Å². The van der Waals surface area contributed by atoms with Gasteiger partial charge in [-0.05, 0) is 43.9 Å². The van der Waals surface area contributed by atoms with E-state index in [1.54, 1.807) is 12.1 Å². The molecule has 2 aliphatic heterocycles. The van der Waals surface area contributed by atoms with Crippen LogP contribution < -0.4 is 5.32 Å². The van der Waals surface area contributed by atoms with Crippen molar-refractivity contribution in [1.29, 1.82) is 0 Å². The molecular weight excluding hydrogens is 347 g/mol. The highest BCUT2D eigenvalue weighted by molar-refractivity contribution is 5.77. The van der Waals surface area contributed by atoms with E-state index in [4.69, 9.17) is 0 Å². The van der Waals surface area contributed by atoms with Crippen LogP contribution in [0.25, 0.3) is 0 Å². The minimum atomic E-state index is -0.266. The summed E-state index contributed by atoms with van der Waals surface area (Å²) in [5.41, 5.74) is 0.933. The lowest BCUT2D eigenvalue weighted by Crippen LogP contribution is -2.51. The Hall–Kier alpha value is -2.31. The summed E-state index contributed by atoms with van der Waals surface area (Å²) in [5, 5.41) is 3.00. The standard InChI is InChI=1S/C20H29FN4O2/c1-3-15(2)22-19(26)23-10-8-18(9-11-23)25-13-12-24(20(25)27)14-16-4-6-17(21)7-5-16/h4-7,15,18H,3,8-14H2,1-2H3,(H,22,26)/t15-/m0/s1. The second-order valence-corrected chi connectivity index (χ2v) is 7.50. The van der Waals surface area contributed by atoms with Crippen molar-refractivity contribution in [2.24, 2.45) is 0 Å². The fraction of sp³-hybridized carbons (Fsp3) is 0.600. The van der Waals surface area contributed by atoms with Crippen LogP contribution in [0, 0.1) is 5.82 Å². The Morgan fingerprint density at radius 1 is 1.19 bits per heavy atom. The highest BCUT2D eigenvalue weighted by Gasteiger charge is 2.36. The summed E-state index contributed by atoms with van der Waals surface area (Å²) in [6.45, 7) is 7.31. The van der Waals surface area contributed by atoms with E-state index in [1.807, 2.05) is 28.5 Å². The van der Waals surface area contributed by atoms with Crippen molar-refractivity contribution in [2.75, 3.05) is 26.2 Å². The largest absolute Gasteiger partial charge is 0.336 e. The van der Waals surface area contributed by atoms with Gasteiger partial charge >= 0.3 is 12.1 Å². The summed E-state index contributed by atoms with van der Waals surface area (Å²) in [6, 6.07) is 6.69. The predicted molar refractivity (Wildman–Crippen MR) is 102 cm³/mol. The number of hydrogen-bond donors (Lipinski definition) is 1. The lowest BCUT2D eigenvalue weighted by molar-refractivity contribution is 0.133. The summed E-state index contributed by atoms with van der Waals surface area (Å²) < 4.78 is 13.0. The van der Waals surface area contributed by atoms with Gasteiger partial charge in [0, 0.05) is 44.8 Å². The van der Waals surface area contributed by atoms with Crippen LogP contribution in [-0.4, -0.2) is 65.0 Å². The van der Waals surface area contributed by atoms with Gasteiger partial charge in [-0.1, -0.05) is 19.1 Å². The predicted octanol–water partition coefficient (Wildman–Crippen LogP) is 3.04. The van der Waals surface area contributed by atoms with E-state index in [-0.39, 0.29) is 30.0 Å². The molecule has 7 heteroatoms. The van der Waals surface area contributed by atoms with E-state index < -0.39 is 0 Å². The molecule has 0 aliphatic carbocycles. The first-order valence-corrected chi connectivity index (χ1v) is 9.83. The van der Waals surface area contributed by atoms with Crippen molar-refractivity contribution in [1.82, 2.24) is 20.0 Å². The molecule has 1 atom stereocenters. The van der Waals surface area contributed by atoms with Gasteiger partial charge in [0.25, 0.3) is 0 Å². The Kier molecular flexibility index (Phi) is 6.19. The van der Waals surface area contributed by atoms with Crippen LogP contribution in [-0.2, 0) is 6.54 Å². The Morgan fingerprint density at radius 2 is 1.85 bits per heavy atom. The Balaban J connectivity index is 1.49. The molecule has 4 amide bonds. The SMILES string of the molecule is CC[C@H](C)NC(=O)N1CCC(N2CCN(Cc3ccc(F)cc3)C2=O)CC1. The first-order chi connectivity index (χ1) is 13.0. The zero-order valence-corrected chi connectivity index (χ0v) is 16.2. The number of carbonyl (C=O) groups is 2. The molecule has 0 radical (unpaired) electrons. The normalized spacial score (nSPS) is 19.5. The third kappa shape index (κ3) is 4.70. The van der Waals surface area contributed by atoms with Gasteiger partial charge in [-0.25, -0.2) is 14.0 Å². The highest BCUT2D eigenvalue weighted by atomic mass is 19.1. The lowest BCUT2D eigenvalue weighted by atomic mass is 10.0. The van der Waals surface area contributed by atoms with Crippen molar-refractivity contribution in [3.63, 3.8) is 0 Å². The summed E-state index contributed by atoms with van der Waals surface area (Å²) in [6.07, 6.45) is 2.53. The van der Waals surface area contributed by atoms with Crippen LogP contribution in [0.5, 0.6) is 0 Å². The van der Waals surface area contributed by atoms with Crippen molar-refractivity contribution in [3.05, 3.63) is 35.6 Å². The fourth-order valence-corrected chi connectivity index (χ4v) is 3.68. The molecule has 0 bridgehead atoms. The van der Waals surface area contributed by atoms with Crippen LogP contribution in [0.1, 0.15) is 38.7 Å². The number of piperidine rings is 1. The van der Waals surface area contributed by atoms with Crippen molar-refractivity contribution >= 4 is 12.1 Å². The van der Waals surface area contributed by atoms with Gasteiger partial charge in [-0.2, -0.15) is 0 Å². The number of urea groups is 2. The zero-order valence-electron chi connectivity index (χ0n) is 16.2. The van der Waals surface area contributed by atoms with E-state index in [0.717, 1.165) is 24.8 Å². The van der Waals surface area contributed by atoms with Gasteiger partial charge < -0.3 is 20.0 Å². The summed E-state index contributed by atoms with van der Waals surface area (Å²) in [7, 11) is 0. The number of halogens is 1. The fourth-order valence-electron chi connectivity index (χ4n) is 3.68. The molecule has 0 saturated carbocycles. The molecule has 6 nitrogen and oxygen atoms in total. The number of likely N-dealkylation sites (tertiary alicyclic amines) is 1. The number of carbonyl (C=O) groups excluding carboxylic acids is 2. The van der Waals surface area contributed by atoms with Gasteiger partial charge in [0.2, 0.25) is 0 Å². The van der Waals surface area contributed by atoms with E-state index in [2.05, 4.69) is 5.32 Å². The van der Waals surface area contributed by atoms with Crippen molar-refractivity contribution in [3.8, 4) is 0 Å². The molecular formula is C20H29FN4O2. The number of benzene rings is 1. The molecule has 2 fully saturated rings. The molecule has 1 aromatic carbocycles. The Bertz CT molecular complexity index is 658. The number of rotatable bonds is 5. The maximum Gasteiger partial charge on any atom is 0.320 e. The van der Waals surface area contributed by atoms with Crippen LogP contribution >= 0.6 is 0 Å². The molecule has 2 heterocycles. The smallest absolute Gasteiger partial charge is 0.320 e. The number of hydrogen-bond acceptors (Lipinski definition) is 2. The number of nitrogens with one attached hydrogen (secondary N) is 1. The van der Waals surface area contributed by atoms with Crippen LogP contribution in [0.4, 0.5) is 14.0 Å². The molecule has 0 unspecified atom stereocenters. The number of nitrogens with zero attached hydrogens (tertiary/aromatic N) is 3. The quantitative estimate of drug-likeness (QED) is 0.859. The lowest BCUT2D eigenvalue weighted by Gasteiger charge is -2.36. The minimum Gasteiger partial charge on any atom is -0.336 e. The molecule has 148 valence electrons. The van der Waals surface area contributed by atoms with E-state index in [9.17, 15) is 14.0 Å². The Labute approximate surface area is 160 Å². The van der Waals surface area contributed by atoms with Crippen molar-refractivity contribution in [2.45, 2.75) is 51.7 Å². The second kappa shape index (κ2) is 8.59. The van der Waals surface area contributed by atoms with Crippen molar-refractivity contribution < 1.29 is 14.0 Å². The topological polar surface area (TPSA) is 55.9 Å². The minimum absolute atomic E-state index is 0.00603. The average Bonchev–Trinajstić information content (AvgIpc) is 3.04. The second-order valence-electron chi connectivity index (χ2n) is 7.50. The maximum absolute atomic E-state index is 13.0. The maximum atomic E-state index is 13.0. The van der Waals surface area contributed by atoms with Gasteiger partial charge in [0.15, 0.2) is 0 Å². The van der Waals surface area contributed by atoms with Crippen LogP contribution in [0.15, 0.2) is 24.3 Å². The third-order valence-electron chi connectivity index (χ3n) is 5.59. The molecule has 1 N–H and O–H groups in total. The monoisotopic (exact) mass is 376 g/mol. The summed E-state index contributed by atoms with van der Waals surface area (Å²) in [4.78, 5) is 30.6. The number of amides is 4. The molecule has 0 spiro atoms. The zero-order chi connectivity index (χ0) is 19.4. The highest BCUT2D eigenvalue weighted by Crippen LogP contribution is 2.23. The first-order valence-electron chi connectivity index (χ1n) is 9.83. The van der Waals surface area contributed by atoms with Gasteiger partial charge in [-0.3, -0.25) is 0 Å². The summed E-state index contributed by atoms with van der Waals surface area (Å²) in [5.74, 6) is -0.266. The Morgan fingerprint density at radius 3 is 2.48 bits per heavy atom. The molecule has 0 aromatic heterocycles. The van der Waals surface area contributed by atoms with E-state index in [1.165, 1.54) is 12.1 Å². The molecule has 27 heavy (non-hydrogen) atoms. The van der Waals surface area contributed by atoms with E-state index in [0.29, 0.717) is 32.7 Å². The first kappa shape index (κ1) is 19.5. The van der Waals surface area contributed by atoms with E-state index >= 15 is 0 Å². The van der Waals surface area contributed by atoms with Crippen LogP contribution in [0.3, 0.4) is 0 Å². The van der Waals surface area contributed by atoms with Gasteiger partial charge in [-0.15, -0.1) is 0 Å². The molecule has 1 aromatic rings. The molecule has 2 aliphatic rings. The third-order valence-corrected chi connectivity index (χ3v) is 5.59. The average molecular weight is 376 g/mol. The van der Waals surface area contributed by atoms with Gasteiger partial charge in [0.05, 0.1) is 0 Å². The molecule has 2 saturated heterocycles. The molecule has 3 rings (SSSR count). The van der Waals surface area contributed by atoms with Crippen LogP contribution in [0.2, 0.25) is 0 Å².